The number of amides is 1. The van der Waals surface area contributed by atoms with Gasteiger partial charge in [-0.2, -0.15) is 0 Å². The number of nitrogens with one attached hydrogen (secondary N) is 1. The van der Waals surface area contributed by atoms with Gasteiger partial charge < -0.3 is 14.2 Å². The molecule has 1 aromatic carbocycles. The van der Waals surface area contributed by atoms with E-state index in [1.54, 1.807) is 12.1 Å². The summed E-state index contributed by atoms with van der Waals surface area (Å²) in [5.41, 5.74) is 1.18. The number of hydrogen-bond acceptors (Lipinski definition) is 5. The van der Waals surface area contributed by atoms with Crippen LogP contribution in [0.15, 0.2) is 53.1 Å². The number of aromatic nitrogens is 4. The number of piperazine rings is 1. The molecule has 1 aliphatic heterocycles. The van der Waals surface area contributed by atoms with Crippen molar-refractivity contribution < 1.29 is 14.1 Å². The van der Waals surface area contributed by atoms with Gasteiger partial charge in [0.15, 0.2) is 5.76 Å². The summed E-state index contributed by atoms with van der Waals surface area (Å²) in [5, 5.41) is 12.5. The number of furan rings is 1. The molecule has 0 saturated carbocycles. The van der Waals surface area contributed by atoms with Crippen molar-refractivity contribution in [3.8, 4) is 0 Å². The first-order chi connectivity index (χ1) is 13.8. The number of quaternary nitrogens is 1. The number of carbonyl (C=O) groups is 1. The lowest BCUT2D eigenvalue weighted by atomic mass is 10.1. The molecule has 0 unspecified atom stereocenters. The molecule has 0 spiro atoms. The summed E-state index contributed by atoms with van der Waals surface area (Å²) in [4.78, 5) is 15.8. The van der Waals surface area contributed by atoms with Crippen molar-refractivity contribution in [1.29, 1.82) is 0 Å². The SMILES string of the molecule is CC[C@H](c1nnnn1Cc1ccccc1)[NH+]1CCN(C(=O)c2ccco2)CC1. The van der Waals surface area contributed by atoms with Crippen molar-refractivity contribution in [3.63, 3.8) is 0 Å². The zero-order valence-corrected chi connectivity index (χ0v) is 16.0. The van der Waals surface area contributed by atoms with Gasteiger partial charge in [0.25, 0.3) is 5.91 Å². The first-order valence-electron chi connectivity index (χ1n) is 9.73. The second-order valence-corrected chi connectivity index (χ2v) is 7.07. The molecule has 0 radical (unpaired) electrons. The number of hydrogen-bond donors (Lipinski definition) is 1. The molecule has 1 N–H and O–H groups in total. The van der Waals surface area contributed by atoms with Crippen LogP contribution in [0.25, 0.3) is 0 Å². The third-order valence-electron chi connectivity index (χ3n) is 5.37. The quantitative estimate of drug-likeness (QED) is 0.683. The van der Waals surface area contributed by atoms with Crippen LogP contribution in [-0.4, -0.2) is 57.2 Å². The molecule has 1 saturated heterocycles. The van der Waals surface area contributed by atoms with Gasteiger partial charge in [0.05, 0.1) is 39.0 Å². The maximum absolute atomic E-state index is 12.5. The molecule has 3 aromatic rings. The highest BCUT2D eigenvalue weighted by atomic mass is 16.3. The predicted molar refractivity (Wildman–Crippen MR) is 102 cm³/mol. The van der Waals surface area contributed by atoms with Gasteiger partial charge in [-0.05, 0) is 28.1 Å². The van der Waals surface area contributed by atoms with E-state index in [-0.39, 0.29) is 11.9 Å². The maximum Gasteiger partial charge on any atom is 0.289 e. The van der Waals surface area contributed by atoms with Crippen molar-refractivity contribution in [2.24, 2.45) is 0 Å². The Labute approximate surface area is 163 Å². The minimum absolute atomic E-state index is 0.0361. The lowest BCUT2D eigenvalue weighted by Gasteiger charge is -2.35. The van der Waals surface area contributed by atoms with Gasteiger partial charge >= 0.3 is 0 Å². The Morgan fingerprint density at radius 1 is 1.18 bits per heavy atom. The monoisotopic (exact) mass is 381 g/mol. The molecular formula is C20H25N6O2+. The highest BCUT2D eigenvalue weighted by Crippen LogP contribution is 2.13. The third kappa shape index (κ3) is 3.82. The molecule has 28 heavy (non-hydrogen) atoms. The van der Waals surface area contributed by atoms with Crippen LogP contribution >= 0.6 is 0 Å². The van der Waals surface area contributed by atoms with Crippen LogP contribution in [0.2, 0.25) is 0 Å². The zero-order chi connectivity index (χ0) is 19.3. The van der Waals surface area contributed by atoms with Gasteiger partial charge in [-0.25, -0.2) is 4.68 Å². The fourth-order valence-electron chi connectivity index (χ4n) is 3.89. The van der Waals surface area contributed by atoms with Crippen LogP contribution in [0.4, 0.5) is 0 Å². The summed E-state index contributed by atoms with van der Waals surface area (Å²) < 4.78 is 7.15. The molecule has 0 bridgehead atoms. The van der Waals surface area contributed by atoms with Crippen molar-refractivity contribution in [2.45, 2.75) is 25.9 Å². The standard InChI is InChI=1S/C20H24N6O2/c1-2-17(19-21-22-23-26(19)15-16-7-4-3-5-8-16)24-10-12-25(13-11-24)20(27)18-9-6-14-28-18/h3-9,14,17H,2,10-13,15H2,1H3/p+1/t17-/m1/s1. The second-order valence-electron chi connectivity index (χ2n) is 7.07. The van der Waals surface area contributed by atoms with Crippen LogP contribution in [0.3, 0.4) is 0 Å². The van der Waals surface area contributed by atoms with Crippen LogP contribution in [0.1, 0.15) is 41.3 Å². The minimum Gasteiger partial charge on any atom is -0.459 e. The minimum atomic E-state index is -0.0361. The average Bonchev–Trinajstić information content (AvgIpc) is 3.42. The van der Waals surface area contributed by atoms with Gasteiger partial charge in [-0.15, -0.1) is 5.10 Å². The molecule has 1 aliphatic rings. The van der Waals surface area contributed by atoms with Crippen molar-refractivity contribution in [3.05, 3.63) is 65.9 Å². The molecule has 2 aromatic heterocycles. The lowest BCUT2D eigenvalue weighted by Crippen LogP contribution is -3.15. The summed E-state index contributed by atoms with van der Waals surface area (Å²) in [5.74, 6) is 1.28. The summed E-state index contributed by atoms with van der Waals surface area (Å²) in [6.45, 7) is 5.96. The van der Waals surface area contributed by atoms with E-state index in [1.165, 1.54) is 16.7 Å². The van der Waals surface area contributed by atoms with Crippen LogP contribution in [-0.2, 0) is 6.54 Å². The van der Waals surface area contributed by atoms with Gasteiger partial charge in [0, 0.05) is 6.42 Å². The predicted octanol–water partition coefficient (Wildman–Crippen LogP) is 0.806. The van der Waals surface area contributed by atoms with Crippen LogP contribution in [0.5, 0.6) is 0 Å². The van der Waals surface area contributed by atoms with E-state index in [1.807, 2.05) is 27.8 Å². The summed E-state index contributed by atoms with van der Waals surface area (Å²) >= 11 is 0. The zero-order valence-electron chi connectivity index (χ0n) is 16.0. The number of rotatable bonds is 6. The van der Waals surface area contributed by atoms with E-state index in [4.69, 9.17) is 4.42 Å². The molecule has 1 fully saturated rings. The first-order valence-corrected chi connectivity index (χ1v) is 9.73. The third-order valence-corrected chi connectivity index (χ3v) is 5.37. The van der Waals surface area contributed by atoms with Crippen LogP contribution in [0, 0.1) is 0 Å². The molecule has 8 nitrogen and oxygen atoms in total. The molecule has 146 valence electrons. The topological polar surface area (TPSA) is 81.5 Å². The fraction of sp³-hybridized carbons (Fsp3) is 0.400. The van der Waals surface area contributed by atoms with Gasteiger partial charge in [-0.1, -0.05) is 37.3 Å². The number of benzene rings is 1. The Bertz CT molecular complexity index is 885. The first kappa shape index (κ1) is 18.4. The Kier molecular flexibility index (Phi) is 5.48. The van der Waals surface area contributed by atoms with Crippen molar-refractivity contribution in [2.75, 3.05) is 26.2 Å². The van der Waals surface area contributed by atoms with E-state index in [2.05, 4.69) is 34.6 Å². The summed E-state index contributed by atoms with van der Waals surface area (Å²) in [7, 11) is 0. The molecule has 0 aliphatic carbocycles. The number of carbonyl (C=O) groups excluding carboxylic acids is 1. The number of nitrogens with zero attached hydrogens (tertiary/aromatic N) is 5. The Balaban J connectivity index is 1.43. The highest BCUT2D eigenvalue weighted by molar-refractivity contribution is 5.91. The Hall–Kier alpha value is -3.00. The van der Waals surface area contributed by atoms with E-state index in [0.29, 0.717) is 25.4 Å². The van der Waals surface area contributed by atoms with Crippen molar-refractivity contribution in [1.82, 2.24) is 25.1 Å². The Morgan fingerprint density at radius 2 is 1.96 bits per heavy atom. The second kappa shape index (κ2) is 8.35. The lowest BCUT2D eigenvalue weighted by molar-refractivity contribution is -0.936. The van der Waals surface area contributed by atoms with Gasteiger partial charge in [0.2, 0.25) is 5.82 Å². The van der Waals surface area contributed by atoms with E-state index < -0.39 is 0 Å². The number of tetrazole rings is 1. The molecule has 1 atom stereocenters. The molecule has 1 amide bonds. The largest absolute Gasteiger partial charge is 0.459 e. The van der Waals surface area contributed by atoms with E-state index in [9.17, 15) is 4.79 Å². The van der Waals surface area contributed by atoms with Gasteiger partial charge in [0.1, 0.15) is 6.04 Å². The molecule has 3 heterocycles. The van der Waals surface area contributed by atoms with Crippen LogP contribution < -0.4 is 4.90 Å². The molecule has 8 heteroatoms. The Morgan fingerprint density at radius 3 is 2.64 bits per heavy atom. The average molecular weight is 381 g/mol. The normalized spacial score (nSPS) is 16.2. The summed E-state index contributed by atoms with van der Waals surface area (Å²) in [6.07, 6.45) is 2.48. The van der Waals surface area contributed by atoms with E-state index >= 15 is 0 Å². The molecule has 4 rings (SSSR count). The smallest absolute Gasteiger partial charge is 0.289 e. The van der Waals surface area contributed by atoms with Crippen molar-refractivity contribution >= 4 is 5.91 Å². The summed E-state index contributed by atoms with van der Waals surface area (Å²) in [6, 6.07) is 13.9. The fourth-order valence-corrected chi connectivity index (χ4v) is 3.89. The van der Waals surface area contributed by atoms with E-state index in [0.717, 1.165) is 25.3 Å². The highest BCUT2D eigenvalue weighted by Gasteiger charge is 2.33. The maximum atomic E-state index is 12.5. The molecular weight excluding hydrogens is 356 g/mol. The van der Waals surface area contributed by atoms with Gasteiger partial charge in [-0.3, -0.25) is 4.79 Å².